The lowest BCUT2D eigenvalue weighted by atomic mass is 9.96. The average molecular weight is 396 g/mol. The molecule has 0 aliphatic carbocycles. The maximum Gasteiger partial charge on any atom is 0.264 e. The number of nitrogens with one attached hydrogen (secondary N) is 1. The standard InChI is InChI=1S/C23H29N3O3/c1-14(2)26-21-7-5-4-6-16(21)10-20(23(26)29)22(28)24-17-11-18-8-9-19(12-17)25(18)13-15(3)27/h4-7,10,14,17-19H,8-9,11-13H2,1-3H3,(H,24,28)/t17?,18-,19+. The molecule has 2 saturated heterocycles. The molecule has 0 spiro atoms. The van der Waals surface area contributed by atoms with Crippen molar-refractivity contribution < 1.29 is 9.59 Å². The van der Waals surface area contributed by atoms with Gasteiger partial charge < -0.3 is 9.88 Å². The summed E-state index contributed by atoms with van der Waals surface area (Å²) in [6, 6.07) is 10.1. The maximum absolute atomic E-state index is 13.1. The van der Waals surface area contributed by atoms with Crippen molar-refractivity contribution in [1.82, 2.24) is 14.8 Å². The second-order valence-corrected chi connectivity index (χ2v) is 8.79. The molecule has 1 unspecified atom stereocenters. The highest BCUT2D eigenvalue weighted by Crippen LogP contribution is 2.35. The molecule has 2 aliphatic heterocycles. The van der Waals surface area contributed by atoms with E-state index in [2.05, 4.69) is 10.2 Å². The van der Waals surface area contributed by atoms with E-state index in [1.165, 1.54) is 0 Å². The Labute approximate surface area is 170 Å². The summed E-state index contributed by atoms with van der Waals surface area (Å²) in [5.41, 5.74) is 0.809. The molecule has 6 heteroatoms. The van der Waals surface area contributed by atoms with Crippen molar-refractivity contribution in [1.29, 1.82) is 0 Å². The summed E-state index contributed by atoms with van der Waals surface area (Å²) in [5, 5.41) is 4.01. The Morgan fingerprint density at radius 2 is 1.79 bits per heavy atom. The lowest BCUT2D eigenvalue weighted by Crippen LogP contribution is -2.52. The summed E-state index contributed by atoms with van der Waals surface area (Å²) in [5.74, 6) is -0.102. The largest absolute Gasteiger partial charge is 0.349 e. The van der Waals surface area contributed by atoms with Crippen LogP contribution in [0.25, 0.3) is 10.9 Å². The molecule has 1 amide bonds. The zero-order chi connectivity index (χ0) is 20.7. The molecule has 29 heavy (non-hydrogen) atoms. The number of nitrogens with zero attached hydrogens (tertiary/aromatic N) is 2. The van der Waals surface area contributed by atoms with E-state index in [1.54, 1.807) is 17.6 Å². The van der Waals surface area contributed by atoms with Gasteiger partial charge in [-0.1, -0.05) is 18.2 Å². The van der Waals surface area contributed by atoms with Crippen LogP contribution >= 0.6 is 0 Å². The molecular weight excluding hydrogens is 366 g/mol. The predicted molar refractivity (Wildman–Crippen MR) is 113 cm³/mol. The highest BCUT2D eigenvalue weighted by Gasteiger charge is 2.41. The zero-order valence-corrected chi connectivity index (χ0v) is 17.4. The van der Waals surface area contributed by atoms with Crippen LogP contribution in [0.2, 0.25) is 0 Å². The predicted octanol–water partition coefficient (Wildman–Crippen LogP) is 2.90. The number of pyridine rings is 1. The number of aromatic nitrogens is 1. The molecule has 1 aromatic carbocycles. The van der Waals surface area contributed by atoms with E-state index in [0.717, 1.165) is 36.6 Å². The Kier molecular flexibility index (Phi) is 5.30. The highest BCUT2D eigenvalue weighted by atomic mass is 16.2. The number of hydrogen-bond donors (Lipinski definition) is 1. The number of carbonyl (C=O) groups excluding carboxylic acids is 2. The minimum absolute atomic E-state index is 0.0363. The Morgan fingerprint density at radius 1 is 1.14 bits per heavy atom. The van der Waals surface area contributed by atoms with Crippen LogP contribution in [0, 0.1) is 0 Å². The molecule has 3 heterocycles. The van der Waals surface area contributed by atoms with Crippen molar-refractivity contribution in [3.8, 4) is 0 Å². The molecule has 1 aromatic heterocycles. The molecule has 2 bridgehead atoms. The van der Waals surface area contributed by atoms with Crippen molar-refractivity contribution >= 4 is 22.6 Å². The number of rotatable bonds is 5. The van der Waals surface area contributed by atoms with E-state index in [1.807, 2.05) is 38.1 Å². The number of ketones is 1. The molecule has 1 N–H and O–H groups in total. The lowest BCUT2D eigenvalue weighted by molar-refractivity contribution is -0.119. The fraction of sp³-hybridized carbons (Fsp3) is 0.522. The van der Waals surface area contributed by atoms with Gasteiger partial charge in [0.2, 0.25) is 0 Å². The van der Waals surface area contributed by atoms with Crippen LogP contribution < -0.4 is 10.9 Å². The number of piperidine rings is 1. The van der Waals surface area contributed by atoms with Gasteiger partial charge >= 0.3 is 0 Å². The van der Waals surface area contributed by atoms with Gasteiger partial charge in [-0.15, -0.1) is 0 Å². The maximum atomic E-state index is 13.1. The third kappa shape index (κ3) is 3.73. The summed E-state index contributed by atoms with van der Waals surface area (Å²) in [6.07, 6.45) is 3.81. The van der Waals surface area contributed by atoms with Crippen molar-refractivity contribution in [2.75, 3.05) is 6.54 Å². The van der Waals surface area contributed by atoms with Crippen LogP contribution in [0.15, 0.2) is 35.1 Å². The van der Waals surface area contributed by atoms with E-state index in [4.69, 9.17) is 0 Å². The first-order chi connectivity index (χ1) is 13.8. The van der Waals surface area contributed by atoms with Crippen LogP contribution in [0.4, 0.5) is 0 Å². The van der Waals surface area contributed by atoms with Gasteiger partial charge in [-0.3, -0.25) is 19.3 Å². The van der Waals surface area contributed by atoms with Gasteiger partial charge in [0.05, 0.1) is 12.1 Å². The molecule has 0 saturated carbocycles. The molecule has 3 atom stereocenters. The first-order valence-electron chi connectivity index (χ1n) is 10.6. The van der Waals surface area contributed by atoms with E-state index in [-0.39, 0.29) is 34.9 Å². The summed E-state index contributed by atoms with van der Waals surface area (Å²) in [4.78, 5) is 40.0. The number of benzene rings is 1. The first-order valence-corrected chi connectivity index (χ1v) is 10.6. The van der Waals surface area contributed by atoms with Crippen LogP contribution in [0.3, 0.4) is 0 Å². The number of para-hydroxylation sites is 1. The molecule has 2 aliphatic rings. The third-order valence-corrected chi connectivity index (χ3v) is 6.33. The number of hydrogen-bond acceptors (Lipinski definition) is 4. The van der Waals surface area contributed by atoms with E-state index < -0.39 is 0 Å². The van der Waals surface area contributed by atoms with Crippen molar-refractivity contribution in [2.45, 2.75) is 70.6 Å². The summed E-state index contributed by atoms with van der Waals surface area (Å²) < 4.78 is 1.70. The van der Waals surface area contributed by atoms with Gasteiger partial charge in [0.1, 0.15) is 11.3 Å². The molecule has 6 nitrogen and oxygen atoms in total. The van der Waals surface area contributed by atoms with Crippen LogP contribution in [0.1, 0.15) is 62.9 Å². The van der Waals surface area contributed by atoms with Gasteiger partial charge in [0, 0.05) is 24.2 Å². The highest BCUT2D eigenvalue weighted by molar-refractivity contribution is 5.97. The van der Waals surface area contributed by atoms with Gasteiger partial charge in [0.15, 0.2) is 0 Å². The lowest BCUT2D eigenvalue weighted by Gasteiger charge is -2.38. The fourth-order valence-electron chi connectivity index (χ4n) is 5.13. The molecule has 0 radical (unpaired) electrons. The average Bonchev–Trinajstić information content (AvgIpc) is 2.88. The van der Waals surface area contributed by atoms with E-state index in [9.17, 15) is 14.4 Å². The van der Waals surface area contributed by atoms with Crippen LogP contribution in [0.5, 0.6) is 0 Å². The monoisotopic (exact) mass is 395 g/mol. The second kappa shape index (κ2) is 7.75. The SMILES string of the molecule is CC(=O)CN1[C@@H]2CC[C@H]1CC(NC(=O)c1cc3ccccc3n(C(C)C)c1=O)C2. The molecular formula is C23H29N3O3. The fourth-order valence-corrected chi connectivity index (χ4v) is 5.13. The molecule has 2 aromatic rings. The molecule has 2 fully saturated rings. The van der Waals surface area contributed by atoms with E-state index in [0.29, 0.717) is 18.6 Å². The number of carbonyl (C=O) groups is 2. The van der Waals surface area contributed by atoms with Crippen molar-refractivity contribution in [2.24, 2.45) is 0 Å². The summed E-state index contributed by atoms with van der Waals surface area (Å²) >= 11 is 0. The Balaban J connectivity index is 1.57. The first kappa shape index (κ1) is 19.8. The zero-order valence-electron chi connectivity index (χ0n) is 17.4. The van der Waals surface area contributed by atoms with Gasteiger partial charge in [0.25, 0.3) is 11.5 Å². The quantitative estimate of drug-likeness (QED) is 0.845. The number of fused-ring (bicyclic) bond motifs is 3. The third-order valence-electron chi connectivity index (χ3n) is 6.33. The van der Waals surface area contributed by atoms with Crippen LogP contribution in [-0.4, -0.2) is 45.8 Å². The second-order valence-electron chi connectivity index (χ2n) is 8.79. The van der Waals surface area contributed by atoms with Gasteiger partial charge in [-0.05, 0) is 64.0 Å². The topological polar surface area (TPSA) is 71.4 Å². The van der Waals surface area contributed by atoms with Crippen molar-refractivity contribution in [3.63, 3.8) is 0 Å². The Morgan fingerprint density at radius 3 is 2.41 bits per heavy atom. The molecule has 4 rings (SSSR count). The van der Waals surface area contributed by atoms with Gasteiger partial charge in [-0.25, -0.2) is 0 Å². The van der Waals surface area contributed by atoms with Crippen LogP contribution in [-0.2, 0) is 4.79 Å². The number of Topliss-reactive ketones (excluding diaryl/α,β-unsaturated/α-hetero) is 1. The summed E-state index contributed by atoms with van der Waals surface area (Å²) in [6.45, 7) is 6.04. The molecule has 154 valence electrons. The van der Waals surface area contributed by atoms with Gasteiger partial charge in [-0.2, -0.15) is 0 Å². The normalized spacial score (nSPS) is 24.2. The minimum Gasteiger partial charge on any atom is -0.349 e. The summed E-state index contributed by atoms with van der Waals surface area (Å²) in [7, 11) is 0. The number of amides is 1. The Hall–Kier alpha value is -2.47. The smallest absolute Gasteiger partial charge is 0.264 e. The minimum atomic E-state index is -0.292. The van der Waals surface area contributed by atoms with E-state index >= 15 is 0 Å². The van der Waals surface area contributed by atoms with Crippen molar-refractivity contribution in [3.05, 3.63) is 46.2 Å². The Bertz CT molecular complexity index is 996.